The van der Waals surface area contributed by atoms with Crippen LogP contribution in [0.25, 0.3) is 0 Å². The Morgan fingerprint density at radius 1 is 0.565 bits per heavy atom. The number of piperazine rings is 2. The molecule has 0 radical (unpaired) electrons. The van der Waals surface area contributed by atoms with Crippen molar-refractivity contribution in [3.8, 4) is 0 Å². The summed E-state index contributed by atoms with van der Waals surface area (Å²) >= 11 is 0. The van der Waals surface area contributed by atoms with E-state index >= 15 is 0 Å². The standard InChI is InChI=1S/2C8H18N2O.CH4/c2*1-2-9-3-5-10(6-4-9)7-8-11;/h2*11H,2-8H2,1H3;1H4. The summed E-state index contributed by atoms with van der Waals surface area (Å²) in [6.07, 6.45) is 0. The van der Waals surface area contributed by atoms with Crippen LogP contribution in [0.1, 0.15) is 21.3 Å². The van der Waals surface area contributed by atoms with E-state index in [0.29, 0.717) is 13.2 Å². The predicted octanol–water partition coefficient (Wildman–Crippen LogP) is -0.131. The third-order valence-electron chi connectivity index (χ3n) is 4.66. The van der Waals surface area contributed by atoms with E-state index in [1.807, 2.05) is 0 Å². The van der Waals surface area contributed by atoms with Crippen molar-refractivity contribution in [2.75, 3.05) is 91.8 Å². The molecule has 0 saturated carbocycles. The molecule has 6 nitrogen and oxygen atoms in total. The van der Waals surface area contributed by atoms with Crippen LogP contribution >= 0.6 is 0 Å². The third-order valence-corrected chi connectivity index (χ3v) is 4.66. The molecule has 2 aliphatic heterocycles. The molecule has 0 aromatic heterocycles. The summed E-state index contributed by atoms with van der Waals surface area (Å²) in [5.41, 5.74) is 0. The van der Waals surface area contributed by atoms with Crippen LogP contribution < -0.4 is 0 Å². The van der Waals surface area contributed by atoms with Gasteiger partial charge < -0.3 is 20.0 Å². The maximum atomic E-state index is 8.69. The van der Waals surface area contributed by atoms with Crippen molar-refractivity contribution in [2.24, 2.45) is 0 Å². The van der Waals surface area contributed by atoms with E-state index in [0.717, 1.165) is 78.5 Å². The number of rotatable bonds is 6. The van der Waals surface area contributed by atoms with Gasteiger partial charge in [-0.05, 0) is 13.1 Å². The second-order valence-electron chi connectivity index (χ2n) is 6.00. The van der Waals surface area contributed by atoms with Crippen molar-refractivity contribution in [1.82, 2.24) is 19.6 Å². The summed E-state index contributed by atoms with van der Waals surface area (Å²) in [6, 6.07) is 0. The quantitative estimate of drug-likeness (QED) is 0.707. The van der Waals surface area contributed by atoms with Crippen LogP contribution in [0.4, 0.5) is 0 Å². The van der Waals surface area contributed by atoms with Crippen molar-refractivity contribution in [3.63, 3.8) is 0 Å². The Labute approximate surface area is 143 Å². The number of hydrogen-bond donors (Lipinski definition) is 2. The molecular weight excluding hydrogens is 292 g/mol. The SMILES string of the molecule is C.CCN1CCN(CCO)CC1.CCN1CCN(CCO)CC1. The molecular formula is C17H40N4O2. The summed E-state index contributed by atoms with van der Waals surface area (Å²) in [6.45, 7) is 18.1. The number of β-amino-alcohol motifs (C(OH)–C–C–N with tert-alkyl or cyclic N) is 2. The Hall–Kier alpha value is -0.240. The number of nitrogens with zero attached hydrogens (tertiary/aromatic N) is 4. The third kappa shape index (κ3) is 9.59. The van der Waals surface area contributed by atoms with Gasteiger partial charge in [0.1, 0.15) is 0 Å². The van der Waals surface area contributed by atoms with Crippen LogP contribution in [0.2, 0.25) is 0 Å². The predicted molar refractivity (Wildman–Crippen MR) is 98.0 cm³/mol. The molecule has 2 aliphatic rings. The average molecular weight is 333 g/mol. The molecule has 0 aromatic rings. The minimum absolute atomic E-state index is 0. The lowest BCUT2D eigenvalue weighted by Crippen LogP contribution is -2.46. The first-order valence-electron chi connectivity index (χ1n) is 8.84. The van der Waals surface area contributed by atoms with Crippen LogP contribution in [0, 0.1) is 0 Å². The lowest BCUT2D eigenvalue weighted by atomic mass is 10.3. The zero-order valence-corrected chi connectivity index (χ0v) is 14.6. The Balaban J connectivity index is 0.000000403. The molecule has 0 aliphatic carbocycles. The van der Waals surface area contributed by atoms with Crippen molar-refractivity contribution < 1.29 is 10.2 Å². The minimum Gasteiger partial charge on any atom is -0.395 e. The molecule has 0 atom stereocenters. The molecule has 0 unspecified atom stereocenters. The Morgan fingerprint density at radius 3 is 1.04 bits per heavy atom. The first kappa shape index (κ1) is 22.8. The maximum Gasteiger partial charge on any atom is 0.0558 e. The van der Waals surface area contributed by atoms with Gasteiger partial charge in [-0.1, -0.05) is 21.3 Å². The van der Waals surface area contributed by atoms with Gasteiger partial charge >= 0.3 is 0 Å². The summed E-state index contributed by atoms with van der Waals surface area (Å²) in [5.74, 6) is 0. The van der Waals surface area contributed by atoms with E-state index in [2.05, 4.69) is 33.4 Å². The van der Waals surface area contributed by atoms with Crippen molar-refractivity contribution >= 4 is 0 Å². The largest absolute Gasteiger partial charge is 0.395 e. The molecule has 2 fully saturated rings. The fourth-order valence-electron chi connectivity index (χ4n) is 2.94. The van der Waals surface area contributed by atoms with Gasteiger partial charge in [-0.25, -0.2) is 0 Å². The van der Waals surface area contributed by atoms with Crippen LogP contribution in [0.3, 0.4) is 0 Å². The van der Waals surface area contributed by atoms with E-state index in [4.69, 9.17) is 10.2 Å². The van der Waals surface area contributed by atoms with E-state index in [1.165, 1.54) is 0 Å². The van der Waals surface area contributed by atoms with Gasteiger partial charge in [-0.3, -0.25) is 9.80 Å². The zero-order chi connectivity index (χ0) is 16.2. The van der Waals surface area contributed by atoms with Gasteiger partial charge in [-0.15, -0.1) is 0 Å². The highest BCUT2D eigenvalue weighted by Gasteiger charge is 2.14. The lowest BCUT2D eigenvalue weighted by molar-refractivity contribution is 0.116. The van der Waals surface area contributed by atoms with Crippen LogP contribution in [-0.4, -0.2) is 122 Å². The first-order valence-corrected chi connectivity index (χ1v) is 8.84. The Kier molecular flexibility index (Phi) is 14.0. The van der Waals surface area contributed by atoms with Gasteiger partial charge in [0.25, 0.3) is 0 Å². The molecule has 2 saturated heterocycles. The van der Waals surface area contributed by atoms with Gasteiger partial charge in [0.2, 0.25) is 0 Å². The Bertz CT molecular complexity index is 227. The molecule has 140 valence electrons. The van der Waals surface area contributed by atoms with E-state index in [9.17, 15) is 0 Å². The maximum absolute atomic E-state index is 8.69. The number of likely N-dealkylation sites (N-methyl/N-ethyl adjacent to an activating group) is 2. The second kappa shape index (κ2) is 14.1. The number of hydrogen-bond acceptors (Lipinski definition) is 6. The van der Waals surface area contributed by atoms with Gasteiger partial charge in [0.15, 0.2) is 0 Å². The topological polar surface area (TPSA) is 53.4 Å². The lowest BCUT2D eigenvalue weighted by Gasteiger charge is -2.33. The van der Waals surface area contributed by atoms with Crippen LogP contribution in [0.5, 0.6) is 0 Å². The molecule has 0 bridgehead atoms. The van der Waals surface area contributed by atoms with Gasteiger partial charge in [0.05, 0.1) is 13.2 Å². The highest BCUT2D eigenvalue weighted by atomic mass is 16.3. The molecule has 0 amide bonds. The van der Waals surface area contributed by atoms with E-state index in [-0.39, 0.29) is 7.43 Å². The zero-order valence-electron chi connectivity index (χ0n) is 14.6. The number of aliphatic hydroxyl groups excluding tert-OH is 2. The fraction of sp³-hybridized carbons (Fsp3) is 1.00. The van der Waals surface area contributed by atoms with Crippen molar-refractivity contribution in [1.29, 1.82) is 0 Å². The normalized spacial score (nSPS) is 21.4. The van der Waals surface area contributed by atoms with Crippen LogP contribution in [0.15, 0.2) is 0 Å². The number of aliphatic hydroxyl groups is 2. The van der Waals surface area contributed by atoms with Gasteiger partial charge in [0, 0.05) is 65.4 Å². The molecule has 0 spiro atoms. The average Bonchev–Trinajstić information content (AvgIpc) is 2.57. The molecule has 2 rings (SSSR count). The first-order chi connectivity index (χ1) is 10.7. The van der Waals surface area contributed by atoms with Gasteiger partial charge in [-0.2, -0.15) is 0 Å². The van der Waals surface area contributed by atoms with Crippen molar-refractivity contribution in [2.45, 2.75) is 21.3 Å². The smallest absolute Gasteiger partial charge is 0.0558 e. The minimum atomic E-state index is 0. The Morgan fingerprint density at radius 2 is 0.826 bits per heavy atom. The van der Waals surface area contributed by atoms with E-state index in [1.54, 1.807) is 0 Å². The fourth-order valence-corrected chi connectivity index (χ4v) is 2.94. The monoisotopic (exact) mass is 332 g/mol. The highest BCUT2D eigenvalue weighted by Crippen LogP contribution is 2.00. The molecule has 2 N–H and O–H groups in total. The van der Waals surface area contributed by atoms with E-state index < -0.39 is 0 Å². The summed E-state index contributed by atoms with van der Waals surface area (Å²) < 4.78 is 0. The van der Waals surface area contributed by atoms with Crippen molar-refractivity contribution in [3.05, 3.63) is 0 Å². The summed E-state index contributed by atoms with van der Waals surface area (Å²) in [5, 5.41) is 17.4. The second-order valence-corrected chi connectivity index (χ2v) is 6.00. The highest BCUT2D eigenvalue weighted by molar-refractivity contribution is 4.70. The molecule has 23 heavy (non-hydrogen) atoms. The molecule has 2 heterocycles. The summed E-state index contributed by atoms with van der Waals surface area (Å²) in [4.78, 5) is 9.50. The summed E-state index contributed by atoms with van der Waals surface area (Å²) in [7, 11) is 0. The molecule has 6 heteroatoms. The molecule has 0 aromatic carbocycles. The van der Waals surface area contributed by atoms with Crippen LogP contribution in [-0.2, 0) is 0 Å².